The van der Waals surface area contributed by atoms with Gasteiger partial charge in [0.2, 0.25) is 0 Å². The summed E-state index contributed by atoms with van der Waals surface area (Å²) in [6, 6.07) is -0.659. The fourth-order valence-corrected chi connectivity index (χ4v) is 4.11. The minimum Gasteiger partial charge on any atom is -0.332 e. The molecule has 0 aliphatic heterocycles. The zero-order chi connectivity index (χ0) is 17.7. The summed E-state index contributed by atoms with van der Waals surface area (Å²) in [5.74, 6) is -1.13. The van der Waals surface area contributed by atoms with Gasteiger partial charge in [0.1, 0.15) is 6.54 Å². The van der Waals surface area contributed by atoms with E-state index in [0.717, 1.165) is 19.3 Å². The van der Waals surface area contributed by atoms with Gasteiger partial charge in [0.15, 0.2) is 9.84 Å². The van der Waals surface area contributed by atoms with Crippen molar-refractivity contribution in [3.05, 3.63) is 4.91 Å². The molecule has 1 saturated carbocycles. The third-order valence-electron chi connectivity index (χ3n) is 4.09. The number of urea groups is 1. The molecule has 0 radical (unpaired) electrons. The van der Waals surface area contributed by atoms with Gasteiger partial charge in [-0.15, -0.1) is 4.91 Å². The smallest absolute Gasteiger partial charge is 0.315 e. The van der Waals surface area contributed by atoms with E-state index >= 15 is 0 Å². The second-order valence-electron chi connectivity index (χ2n) is 7.01. The van der Waals surface area contributed by atoms with E-state index in [4.69, 9.17) is 0 Å². The van der Waals surface area contributed by atoms with E-state index in [2.05, 4.69) is 15.8 Å². The number of hydrogen-bond donors (Lipinski definition) is 2. The third-order valence-corrected chi connectivity index (χ3v) is 6.89. The van der Waals surface area contributed by atoms with Gasteiger partial charge < -0.3 is 10.6 Å². The van der Waals surface area contributed by atoms with Gasteiger partial charge in [0.25, 0.3) is 0 Å². The standard InChI is InChI=1S/C14H25N3O5S/c1-13(2,3)23(21,22)10-14(7-5-4-6-8-14)16-12(19)15-9-11(18)17-20/h4-10H2,1-3H3,(H2,15,16,19). The molecule has 0 atom stereocenters. The monoisotopic (exact) mass is 347 g/mol. The van der Waals surface area contributed by atoms with Crippen LogP contribution in [0.3, 0.4) is 0 Å². The Bertz CT molecular complexity index is 559. The van der Waals surface area contributed by atoms with Gasteiger partial charge in [-0.25, -0.2) is 13.2 Å². The molecule has 1 fully saturated rings. The lowest BCUT2D eigenvalue weighted by atomic mass is 9.83. The highest BCUT2D eigenvalue weighted by Gasteiger charge is 2.42. The Balaban J connectivity index is 2.85. The van der Waals surface area contributed by atoms with Crippen molar-refractivity contribution >= 4 is 21.8 Å². The van der Waals surface area contributed by atoms with Crippen molar-refractivity contribution in [1.82, 2.24) is 10.6 Å². The second kappa shape index (κ2) is 7.37. The number of carbonyl (C=O) groups excluding carboxylic acids is 2. The maximum atomic E-state index is 12.5. The van der Waals surface area contributed by atoms with Gasteiger partial charge in [0.05, 0.1) is 16.0 Å². The summed E-state index contributed by atoms with van der Waals surface area (Å²) in [5, 5.41) is 7.15. The van der Waals surface area contributed by atoms with Crippen LogP contribution in [0, 0.1) is 4.91 Å². The average Bonchev–Trinajstić information content (AvgIpc) is 2.43. The van der Waals surface area contributed by atoms with Gasteiger partial charge >= 0.3 is 11.9 Å². The van der Waals surface area contributed by atoms with Gasteiger partial charge in [-0.2, -0.15) is 0 Å². The third kappa shape index (κ3) is 5.56. The first-order valence-electron chi connectivity index (χ1n) is 7.66. The molecule has 0 aromatic rings. The summed E-state index contributed by atoms with van der Waals surface area (Å²) >= 11 is 0. The van der Waals surface area contributed by atoms with Crippen molar-refractivity contribution in [2.75, 3.05) is 12.3 Å². The van der Waals surface area contributed by atoms with Gasteiger partial charge in [0, 0.05) is 5.18 Å². The lowest BCUT2D eigenvalue weighted by Crippen LogP contribution is -2.58. The summed E-state index contributed by atoms with van der Waals surface area (Å²) in [5.41, 5.74) is -0.841. The highest BCUT2D eigenvalue weighted by molar-refractivity contribution is 7.92. The minimum absolute atomic E-state index is 0.142. The molecule has 1 rings (SSSR count). The summed E-state index contributed by atoms with van der Waals surface area (Å²) in [6.45, 7) is 4.39. The number of carbonyl (C=O) groups is 2. The van der Waals surface area contributed by atoms with Gasteiger partial charge in [-0.3, -0.25) is 4.79 Å². The summed E-state index contributed by atoms with van der Waals surface area (Å²) in [7, 11) is -3.42. The van der Waals surface area contributed by atoms with E-state index in [1.54, 1.807) is 20.8 Å². The zero-order valence-corrected chi connectivity index (χ0v) is 14.7. The number of hydrogen-bond acceptors (Lipinski definition) is 5. The van der Waals surface area contributed by atoms with Crippen LogP contribution in [0.15, 0.2) is 5.18 Å². The van der Waals surface area contributed by atoms with E-state index in [0.29, 0.717) is 12.8 Å². The molecule has 0 saturated heterocycles. The average molecular weight is 347 g/mol. The van der Waals surface area contributed by atoms with Crippen molar-refractivity contribution in [3.63, 3.8) is 0 Å². The van der Waals surface area contributed by atoms with Gasteiger partial charge in [-0.1, -0.05) is 19.3 Å². The fourth-order valence-electron chi connectivity index (χ4n) is 2.59. The van der Waals surface area contributed by atoms with Crippen LogP contribution < -0.4 is 10.6 Å². The van der Waals surface area contributed by atoms with E-state index in [1.807, 2.05) is 0 Å². The molecule has 1 aliphatic carbocycles. The Morgan fingerprint density at radius 3 is 2.17 bits per heavy atom. The molecule has 0 heterocycles. The molecule has 2 N–H and O–H groups in total. The van der Waals surface area contributed by atoms with Crippen molar-refractivity contribution in [2.24, 2.45) is 5.18 Å². The molecule has 0 unspecified atom stereocenters. The molecule has 0 aromatic heterocycles. The Morgan fingerprint density at radius 2 is 1.70 bits per heavy atom. The maximum absolute atomic E-state index is 12.5. The molecule has 23 heavy (non-hydrogen) atoms. The van der Waals surface area contributed by atoms with Crippen LogP contribution in [-0.2, 0) is 14.6 Å². The molecule has 0 bridgehead atoms. The zero-order valence-electron chi connectivity index (χ0n) is 13.8. The second-order valence-corrected chi connectivity index (χ2v) is 9.75. The Morgan fingerprint density at radius 1 is 1.13 bits per heavy atom. The molecule has 0 aromatic carbocycles. The van der Waals surface area contributed by atoms with E-state index in [9.17, 15) is 22.9 Å². The first-order valence-corrected chi connectivity index (χ1v) is 9.31. The van der Waals surface area contributed by atoms with Crippen LogP contribution in [0.5, 0.6) is 0 Å². The largest absolute Gasteiger partial charge is 0.332 e. The van der Waals surface area contributed by atoms with Gasteiger partial charge in [-0.05, 0) is 33.6 Å². The Kier molecular flexibility index (Phi) is 6.26. The summed E-state index contributed by atoms with van der Waals surface area (Å²) in [6.07, 6.45) is 3.78. The molecule has 132 valence electrons. The Labute approximate surface area is 136 Å². The lowest BCUT2D eigenvalue weighted by molar-refractivity contribution is -0.117. The predicted octanol–water partition coefficient (Wildman–Crippen LogP) is 1.49. The number of nitroso groups, excluding NO2 is 1. The van der Waals surface area contributed by atoms with E-state index in [1.165, 1.54) is 0 Å². The normalized spacial score (nSPS) is 18.0. The van der Waals surface area contributed by atoms with E-state index in [-0.39, 0.29) is 5.75 Å². The molecule has 9 heteroatoms. The molecular weight excluding hydrogens is 322 g/mol. The van der Waals surface area contributed by atoms with Crippen molar-refractivity contribution < 1.29 is 18.0 Å². The van der Waals surface area contributed by atoms with Crippen molar-refractivity contribution in [2.45, 2.75) is 63.2 Å². The van der Waals surface area contributed by atoms with Crippen LogP contribution in [0.4, 0.5) is 4.79 Å². The fraction of sp³-hybridized carbons (Fsp3) is 0.857. The quantitative estimate of drug-likeness (QED) is 0.730. The molecule has 1 aliphatic rings. The summed E-state index contributed by atoms with van der Waals surface area (Å²) in [4.78, 5) is 32.8. The minimum atomic E-state index is -3.42. The molecular formula is C14H25N3O5S. The molecule has 8 nitrogen and oxygen atoms in total. The number of nitrogens with one attached hydrogen (secondary N) is 2. The maximum Gasteiger partial charge on any atom is 0.315 e. The first kappa shape index (κ1) is 19.5. The number of nitrogens with zero attached hydrogens (tertiary/aromatic N) is 1. The van der Waals surface area contributed by atoms with Crippen LogP contribution in [0.1, 0.15) is 52.9 Å². The number of amides is 3. The lowest BCUT2D eigenvalue weighted by Gasteiger charge is -2.39. The highest BCUT2D eigenvalue weighted by atomic mass is 32.2. The SMILES string of the molecule is CC(C)(C)S(=O)(=O)CC1(NC(=O)NCC(=O)N=O)CCCCC1. The summed E-state index contributed by atoms with van der Waals surface area (Å²) < 4.78 is 24.2. The predicted molar refractivity (Wildman–Crippen MR) is 86.7 cm³/mol. The van der Waals surface area contributed by atoms with Crippen LogP contribution in [-0.4, -0.2) is 42.9 Å². The molecule has 3 amide bonds. The van der Waals surface area contributed by atoms with Crippen molar-refractivity contribution in [1.29, 1.82) is 0 Å². The Hall–Kier alpha value is -1.51. The number of sulfone groups is 1. The first-order chi connectivity index (χ1) is 10.5. The van der Waals surface area contributed by atoms with E-state index < -0.39 is 38.6 Å². The van der Waals surface area contributed by atoms with Crippen LogP contribution in [0.2, 0.25) is 0 Å². The van der Waals surface area contributed by atoms with Crippen LogP contribution >= 0.6 is 0 Å². The molecule has 0 spiro atoms. The van der Waals surface area contributed by atoms with Crippen LogP contribution in [0.25, 0.3) is 0 Å². The highest BCUT2D eigenvalue weighted by Crippen LogP contribution is 2.32. The topological polar surface area (TPSA) is 122 Å². The number of rotatable bonds is 5. The van der Waals surface area contributed by atoms with Crippen molar-refractivity contribution in [3.8, 4) is 0 Å².